The number of fused-ring (bicyclic) bond motifs is 1. The Balaban J connectivity index is 1.27. The molecule has 1 amide bonds. The van der Waals surface area contributed by atoms with Gasteiger partial charge in [-0.15, -0.1) is 11.3 Å². The van der Waals surface area contributed by atoms with E-state index in [1.165, 1.54) is 16.9 Å². The predicted octanol–water partition coefficient (Wildman–Crippen LogP) is 4.37. The maximum absolute atomic E-state index is 12.7. The topological polar surface area (TPSA) is 42.4 Å². The number of likely N-dealkylation sites (tertiary alicyclic amines) is 1. The van der Waals surface area contributed by atoms with Gasteiger partial charge in [0, 0.05) is 19.7 Å². The molecule has 1 aromatic heterocycles. The van der Waals surface area contributed by atoms with Gasteiger partial charge in [0.25, 0.3) is 5.91 Å². The molecule has 0 atom stereocenters. The molecule has 4 nitrogen and oxygen atoms in total. The highest BCUT2D eigenvalue weighted by Crippen LogP contribution is 2.25. The molecule has 4 rings (SSSR count). The van der Waals surface area contributed by atoms with Crippen LogP contribution in [0.15, 0.2) is 54.6 Å². The molecule has 0 N–H and O–H groups in total. The number of carbonyl (C=O) groups excluding carboxylic acids is 1. The Labute approximate surface area is 157 Å². The van der Waals surface area contributed by atoms with Crippen molar-refractivity contribution in [3.8, 4) is 0 Å². The second-order valence-electron chi connectivity index (χ2n) is 6.72. The van der Waals surface area contributed by atoms with Gasteiger partial charge in [0.2, 0.25) is 0 Å². The van der Waals surface area contributed by atoms with E-state index < -0.39 is 0 Å². The first kappa shape index (κ1) is 17.2. The summed E-state index contributed by atoms with van der Waals surface area (Å²) >= 11 is 1.48. The maximum Gasteiger partial charge on any atom is 0.282 e. The molecule has 0 aliphatic carbocycles. The third-order valence-corrected chi connectivity index (χ3v) is 5.87. The van der Waals surface area contributed by atoms with Gasteiger partial charge in [-0.3, -0.25) is 4.79 Å². The lowest BCUT2D eigenvalue weighted by atomic mass is 9.98. The minimum atomic E-state index is 0.0647. The predicted molar refractivity (Wildman–Crippen MR) is 104 cm³/mol. The van der Waals surface area contributed by atoms with Gasteiger partial charge in [0.15, 0.2) is 5.01 Å². The SMILES string of the molecule is O=C(c1nc2ccccc2s1)N1CCC(COCc2ccccc2)CC1. The van der Waals surface area contributed by atoms with E-state index in [1.54, 1.807) is 0 Å². The van der Waals surface area contributed by atoms with Crippen LogP contribution in [0.3, 0.4) is 0 Å². The zero-order valence-corrected chi connectivity index (χ0v) is 15.5. The summed E-state index contributed by atoms with van der Waals surface area (Å²) in [6, 6.07) is 18.2. The lowest BCUT2D eigenvalue weighted by molar-refractivity contribution is 0.0478. The number of piperidine rings is 1. The molecule has 0 unspecified atom stereocenters. The highest BCUT2D eigenvalue weighted by atomic mass is 32.1. The van der Waals surface area contributed by atoms with E-state index in [4.69, 9.17) is 4.74 Å². The summed E-state index contributed by atoms with van der Waals surface area (Å²) < 4.78 is 6.94. The fourth-order valence-corrected chi connectivity index (χ4v) is 4.25. The third-order valence-electron chi connectivity index (χ3n) is 4.84. The molecule has 1 aliphatic rings. The fourth-order valence-electron chi connectivity index (χ4n) is 3.32. The van der Waals surface area contributed by atoms with Crippen LogP contribution in [0.25, 0.3) is 10.2 Å². The van der Waals surface area contributed by atoms with Crippen LogP contribution in [0.2, 0.25) is 0 Å². The number of hydrogen-bond donors (Lipinski definition) is 0. The molecule has 3 aromatic rings. The molecule has 1 saturated heterocycles. The number of rotatable bonds is 5. The number of benzene rings is 2. The molecule has 1 fully saturated rings. The van der Waals surface area contributed by atoms with Crippen LogP contribution in [-0.4, -0.2) is 35.5 Å². The molecule has 5 heteroatoms. The van der Waals surface area contributed by atoms with Gasteiger partial charge in [-0.1, -0.05) is 42.5 Å². The van der Waals surface area contributed by atoms with Gasteiger partial charge >= 0.3 is 0 Å². The summed E-state index contributed by atoms with van der Waals surface area (Å²) in [4.78, 5) is 19.1. The standard InChI is InChI=1S/C21H22N2O2S/c24-21(20-22-18-8-4-5-9-19(18)26-20)23-12-10-17(11-13-23)15-25-14-16-6-2-1-3-7-16/h1-9,17H,10-15H2. The van der Waals surface area contributed by atoms with Gasteiger partial charge < -0.3 is 9.64 Å². The second kappa shape index (κ2) is 7.98. The summed E-state index contributed by atoms with van der Waals surface area (Å²) in [6.07, 6.45) is 1.98. The Kier molecular flexibility index (Phi) is 5.27. The molecule has 0 saturated carbocycles. The molecule has 1 aliphatic heterocycles. The zero-order chi connectivity index (χ0) is 17.8. The van der Waals surface area contributed by atoms with Crippen molar-refractivity contribution in [2.45, 2.75) is 19.4 Å². The number of amides is 1. The molecule has 26 heavy (non-hydrogen) atoms. The fraction of sp³-hybridized carbons (Fsp3) is 0.333. The van der Waals surface area contributed by atoms with Crippen molar-refractivity contribution in [1.82, 2.24) is 9.88 Å². The molecule has 2 heterocycles. The molecule has 0 bridgehead atoms. The first-order chi connectivity index (χ1) is 12.8. The van der Waals surface area contributed by atoms with E-state index in [9.17, 15) is 4.79 Å². The number of para-hydroxylation sites is 1. The molecule has 2 aromatic carbocycles. The van der Waals surface area contributed by atoms with E-state index in [0.717, 1.165) is 42.8 Å². The minimum Gasteiger partial charge on any atom is -0.376 e. The van der Waals surface area contributed by atoms with Crippen molar-refractivity contribution in [3.63, 3.8) is 0 Å². The summed E-state index contributed by atoms with van der Waals surface area (Å²) in [5.41, 5.74) is 2.11. The van der Waals surface area contributed by atoms with E-state index >= 15 is 0 Å². The van der Waals surface area contributed by atoms with Crippen LogP contribution in [0.1, 0.15) is 28.2 Å². The van der Waals surface area contributed by atoms with E-state index in [0.29, 0.717) is 17.5 Å². The van der Waals surface area contributed by atoms with Crippen LogP contribution < -0.4 is 0 Å². The Morgan fingerprint density at radius 1 is 1.08 bits per heavy atom. The number of nitrogens with zero attached hydrogens (tertiary/aromatic N) is 2. The van der Waals surface area contributed by atoms with Gasteiger partial charge in [-0.05, 0) is 36.5 Å². The minimum absolute atomic E-state index is 0.0647. The summed E-state index contributed by atoms with van der Waals surface area (Å²) in [6.45, 7) is 2.99. The van der Waals surface area contributed by atoms with E-state index in [-0.39, 0.29) is 5.91 Å². The molecule has 0 spiro atoms. The monoisotopic (exact) mass is 366 g/mol. The second-order valence-corrected chi connectivity index (χ2v) is 7.75. The van der Waals surface area contributed by atoms with Gasteiger partial charge in [0.1, 0.15) is 0 Å². The quantitative estimate of drug-likeness (QED) is 0.673. The van der Waals surface area contributed by atoms with Crippen LogP contribution in [0.4, 0.5) is 0 Å². The highest BCUT2D eigenvalue weighted by Gasteiger charge is 2.25. The smallest absolute Gasteiger partial charge is 0.282 e. The molecule has 0 radical (unpaired) electrons. The number of aromatic nitrogens is 1. The van der Waals surface area contributed by atoms with Crippen molar-refractivity contribution in [3.05, 3.63) is 65.2 Å². The highest BCUT2D eigenvalue weighted by molar-refractivity contribution is 7.20. The lowest BCUT2D eigenvalue weighted by Crippen LogP contribution is -2.39. The van der Waals surface area contributed by atoms with Crippen LogP contribution in [0.5, 0.6) is 0 Å². The average molecular weight is 366 g/mol. The van der Waals surface area contributed by atoms with Crippen LogP contribution >= 0.6 is 11.3 Å². The Morgan fingerprint density at radius 2 is 1.81 bits per heavy atom. The number of hydrogen-bond acceptors (Lipinski definition) is 4. The Hall–Kier alpha value is -2.24. The van der Waals surface area contributed by atoms with Crippen molar-refractivity contribution in [2.24, 2.45) is 5.92 Å². The van der Waals surface area contributed by atoms with Crippen molar-refractivity contribution < 1.29 is 9.53 Å². The van der Waals surface area contributed by atoms with Crippen molar-refractivity contribution in [2.75, 3.05) is 19.7 Å². The number of ether oxygens (including phenoxy) is 1. The van der Waals surface area contributed by atoms with E-state index in [2.05, 4.69) is 17.1 Å². The third kappa shape index (κ3) is 3.94. The first-order valence-corrected chi connectivity index (χ1v) is 9.88. The average Bonchev–Trinajstić information content (AvgIpc) is 3.13. The van der Waals surface area contributed by atoms with Crippen molar-refractivity contribution in [1.29, 1.82) is 0 Å². The molecular formula is C21H22N2O2S. The van der Waals surface area contributed by atoms with Gasteiger partial charge in [-0.2, -0.15) is 0 Å². The van der Waals surface area contributed by atoms with E-state index in [1.807, 2.05) is 47.4 Å². The first-order valence-electron chi connectivity index (χ1n) is 9.06. The van der Waals surface area contributed by atoms with Gasteiger partial charge in [-0.25, -0.2) is 4.98 Å². The number of thiazole rings is 1. The number of carbonyl (C=O) groups is 1. The summed E-state index contributed by atoms with van der Waals surface area (Å²) in [5, 5.41) is 0.602. The summed E-state index contributed by atoms with van der Waals surface area (Å²) in [7, 11) is 0. The van der Waals surface area contributed by atoms with Crippen LogP contribution in [0, 0.1) is 5.92 Å². The zero-order valence-electron chi connectivity index (χ0n) is 14.6. The molecule has 134 valence electrons. The molecular weight excluding hydrogens is 344 g/mol. The largest absolute Gasteiger partial charge is 0.376 e. The summed E-state index contributed by atoms with van der Waals surface area (Å²) in [5.74, 6) is 0.591. The lowest BCUT2D eigenvalue weighted by Gasteiger charge is -2.31. The Morgan fingerprint density at radius 3 is 2.58 bits per heavy atom. The van der Waals surface area contributed by atoms with Gasteiger partial charge in [0.05, 0.1) is 16.8 Å². The maximum atomic E-state index is 12.7. The van der Waals surface area contributed by atoms with Crippen molar-refractivity contribution >= 4 is 27.5 Å². The van der Waals surface area contributed by atoms with Crippen LogP contribution in [-0.2, 0) is 11.3 Å². The normalized spacial score (nSPS) is 15.5. The Bertz CT molecular complexity index is 837.